The van der Waals surface area contributed by atoms with Crippen molar-refractivity contribution in [3.05, 3.63) is 35.8 Å². The van der Waals surface area contributed by atoms with E-state index in [4.69, 9.17) is 9.84 Å². The first-order chi connectivity index (χ1) is 7.66. The average Bonchev–Trinajstić information content (AvgIpc) is 2.64. The first-order valence-corrected chi connectivity index (χ1v) is 4.54. The molecular weight excluding hydrogens is 210 g/mol. The monoisotopic (exact) mass is 219 g/mol. The topological polar surface area (TPSA) is 88.1 Å². The maximum atomic E-state index is 10.9. The molecule has 0 fully saturated rings. The van der Waals surface area contributed by atoms with Crippen LogP contribution in [-0.4, -0.2) is 26.3 Å². The fraction of sp³-hybridized carbons (Fsp3) is 0.100. The number of ether oxygens (including phenoxy) is 1. The summed E-state index contributed by atoms with van der Waals surface area (Å²) < 4.78 is 5.31. The second-order valence-corrected chi connectivity index (χ2v) is 3.17. The van der Waals surface area contributed by atoms with E-state index in [0.29, 0.717) is 5.88 Å². The maximum absolute atomic E-state index is 10.9. The zero-order valence-corrected chi connectivity index (χ0v) is 8.47. The van der Waals surface area contributed by atoms with Gasteiger partial charge in [-0.05, 0) is 13.0 Å². The number of hydrogen-bond donors (Lipinski definition) is 2. The predicted molar refractivity (Wildman–Crippen MR) is 54.6 cm³/mol. The van der Waals surface area contributed by atoms with Gasteiger partial charge >= 0.3 is 5.97 Å². The molecule has 2 aromatic rings. The van der Waals surface area contributed by atoms with Gasteiger partial charge in [-0.3, -0.25) is 10.1 Å². The Hall–Kier alpha value is -2.37. The van der Waals surface area contributed by atoms with Crippen LogP contribution in [0.4, 0.5) is 0 Å². The number of hydrogen-bond acceptors (Lipinski definition) is 4. The van der Waals surface area contributed by atoms with Crippen LogP contribution in [0.15, 0.2) is 24.5 Å². The molecule has 6 heteroatoms. The number of aromatic carboxylic acids is 1. The molecule has 0 aliphatic carbocycles. The third-order valence-electron chi connectivity index (χ3n) is 1.91. The summed E-state index contributed by atoms with van der Waals surface area (Å²) in [6.07, 6.45) is 2.74. The van der Waals surface area contributed by atoms with Crippen molar-refractivity contribution in [3.63, 3.8) is 0 Å². The minimum Gasteiger partial charge on any atom is -0.478 e. The molecule has 0 aliphatic rings. The highest BCUT2D eigenvalue weighted by Gasteiger charge is 2.12. The van der Waals surface area contributed by atoms with E-state index >= 15 is 0 Å². The van der Waals surface area contributed by atoms with Gasteiger partial charge in [0.05, 0.1) is 6.20 Å². The molecule has 82 valence electrons. The lowest BCUT2D eigenvalue weighted by molar-refractivity contribution is 0.0694. The van der Waals surface area contributed by atoms with E-state index in [-0.39, 0.29) is 11.3 Å². The van der Waals surface area contributed by atoms with E-state index in [1.807, 2.05) is 6.92 Å². The number of rotatable bonds is 3. The normalized spacial score (nSPS) is 10.1. The van der Waals surface area contributed by atoms with Gasteiger partial charge in [-0.1, -0.05) is 0 Å². The van der Waals surface area contributed by atoms with Crippen LogP contribution in [0.2, 0.25) is 0 Å². The van der Waals surface area contributed by atoms with E-state index in [1.54, 1.807) is 6.07 Å². The van der Waals surface area contributed by atoms with Crippen molar-refractivity contribution in [1.82, 2.24) is 15.2 Å². The molecule has 0 spiro atoms. The molecule has 0 radical (unpaired) electrons. The van der Waals surface area contributed by atoms with Crippen LogP contribution >= 0.6 is 0 Å². The van der Waals surface area contributed by atoms with Crippen molar-refractivity contribution in [2.24, 2.45) is 0 Å². The minimum atomic E-state index is -1.07. The van der Waals surface area contributed by atoms with E-state index < -0.39 is 5.97 Å². The molecule has 2 aromatic heterocycles. The van der Waals surface area contributed by atoms with E-state index in [0.717, 1.165) is 5.69 Å². The van der Waals surface area contributed by atoms with Gasteiger partial charge in [0.15, 0.2) is 5.75 Å². The highest BCUT2D eigenvalue weighted by Crippen LogP contribution is 2.22. The Morgan fingerprint density at radius 1 is 1.56 bits per heavy atom. The van der Waals surface area contributed by atoms with Crippen molar-refractivity contribution < 1.29 is 14.6 Å². The van der Waals surface area contributed by atoms with Crippen molar-refractivity contribution in [3.8, 4) is 11.6 Å². The third-order valence-corrected chi connectivity index (χ3v) is 1.91. The molecule has 2 rings (SSSR count). The largest absolute Gasteiger partial charge is 0.478 e. The van der Waals surface area contributed by atoms with Gasteiger partial charge in [0.1, 0.15) is 5.56 Å². The van der Waals surface area contributed by atoms with E-state index in [1.165, 1.54) is 18.5 Å². The van der Waals surface area contributed by atoms with Gasteiger partial charge in [-0.2, -0.15) is 0 Å². The molecule has 2 heterocycles. The first kappa shape index (κ1) is 10.2. The van der Waals surface area contributed by atoms with E-state index in [2.05, 4.69) is 15.2 Å². The number of pyridine rings is 1. The van der Waals surface area contributed by atoms with Gasteiger partial charge in [-0.25, -0.2) is 4.79 Å². The summed E-state index contributed by atoms with van der Waals surface area (Å²) in [6, 6.07) is 3.04. The Morgan fingerprint density at radius 2 is 2.38 bits per heavy atom. The second-order valence-electron chi connectivity index (χ2n) is 3.17. The van der Waals surface area contributed by atoms with Crippen molar-refractivity contribution >= 4 is 5.97 Å². The van der Waals surface area contributed by atoms with Crippen LogP contribution < -0.4 is 4.74 Å². The number of aromatic nitrogens is 3. The predicted octanol–water partition coefficient (Wildman–Crippen LogP) is 1.60. The van der Waals surface area contributed by atoms with Crippen molar-refractivity contribution in [2.45, 2.75) is 6.92 Å². The second kappa shape index (κ2) is 4.01. The van der Waals surface area contributed by atoms with Crippen molar-refractivity contribution in [2.75, 3.05) is 0 Å². The molecule has 16 heavy (non-hydrogen) atoms. The number of carboxylic acid groups (broad SMARTS) is 1. The number of carboxylic acids is 1. The Kier molecular flexibility index (Phi) is 2.55. The molecule has 0 saturated carbocycles. The molecule has 2 N–H and O–H groups in total. The van der Waals surface area contributed by atoms with E-state index in [9.17, 15) is 4.79 Å². The summed E-state index contributed by atoms with van der Waals surface area (Å²) in [6.45, 7) is 1.82. The highest BCUT2D eigenvalue weighted by atomic mass is 16.5. The average molecular weight is 219 g/mol. The minimum absolute atomic E-state index is 0.0515. The molecule has 6 nitrogen and oxygen atoms in total. The number of nitrogens with one attached hydrogen (secondary N) is 1. The standard InChI is InChI=1S/C10H9N3O3/c1-6-4-9(13-12-6)16-8-5-11-3-2-7(8)10(14)15/h2-5H,1H3,(H,12,13)(H,14,15). The lowest BCUT2D eigenvalue weighted by atomic mass is 10.2. The maximum Gasteiger partial charge on any atom is 0.339 e. The van der Waals surface area contributed by atoms with Crippen LogP contribution in [0.5, 0.6) is 11.6 Å². The van der Waals surface area contributed by atoms with Crippen LogP contribution in [-0.2, 0) is 0 Å². The zero-order chi connectivity index (χ0) is 11.5. The lowest BCUT2D eigenvalue weighted by Crippen LogP contribution is -2.00. The Balaban J connectivity index is 2.31. The van der Waals surface area contributed by atoms with Crippen LogP contribution in [0, 0.1) is 6.92 Å². The number of carbonyl (C=O) groups is 1. The fourth-order valence-corrected chi connectivity index (χ4v) is 1.20. The Labute approximate surface area is 90.9 Å². The number of aromatic amines is 1. The molecule has 0 unspecified atom stereocenters. The SMILES string of the molecule is Cc1cc(Oc2cnccc2C(=O)O)n[nH]1. The summed E-state index contributed by atoms with van der Waals surface area (Å²) in [5, 5.41) is 15.5. The van der Waals surface area contributed by atoms with Gasteiger partial charge < -0.3 is 9.84 Å². The van der Waals surface area contributed by atoms with Crippen LogP contribution in [0.1, 0.15) is 16.1 Å². The third kappa shape index (κ3) is 2.00. The number of H-pyrrole nitrogens is 1. The molecule has 0 amide bonds. The summed E-state index contributed by atoms with van der Waals surface area (Å²) >= 11 is 0. The molecule has 0 aliphatic heterocycles. The quantitative estimate of drug-likeness (QED) is 0.818. The molecule has 0 atom stereocenters. The zero-order valence-electron chi connectivity index (χ0n) is 8.47. The van der Waals surface area contributed by atoms with Crippen LogP contribution in [0.25, 0.3) is 0 Å². The molecule has 0 aromatic carbocycles. The van der Waals surface area contributed by atoms with Crippen LogP contribution in [0.3, 0.4) is 0 Å². The summed E-state index contributed by atoms with van der Waals surface area (Å²) in [4.78, 5) is 14.7. The Morgan fingerprint density at radius 3 is 3.00 bits per heavy atom. The number of aryl methyl sites for hydroxylation is 1. The van der Waals surface area contributed by atoms with Gasteiger partial charge in [0.25, 0.3) is 0 Å². The fourth-order valence-electron chi connectivity index (χ4n) is 1.20. The lowest BCUT2D eigenvalue weighted by Gasteiger charge is -2.04. The molecule has 0 saturated heterocycles. The summed E-state index contributed by atoms with van der Waals surface area (Å²) in [5.41, 5.74) is 0.881. The molecular formula is C10H9N3O3. The summed E-state index contributed by atoms with van der Waals surface area (Å²) in [5.74, 6) is -0.584. The van der Waals surface area contributed by atoms with Gasteiger partial charge in [0, 0.05) is 18.0 Å². The highest BCUT2D eigenvalue weighted by molar-refractivity contribution is 5.90. The smallest absolute Gasteiger partial charge is 0.339 e. The van der Waals surface area contributed by atoms with Crippen molar-refractivity contribution in [1.29, 1.82) is 0 Å². The Bertz CT molecular complexity index is 522. The number of nitrogens with zero attached hydrogens (tertiary/aromatic N) is 2. The van der Waals surface area contributed by atoms with Gasteiger partial charge in [-0.15, -0.1) is 5.10 Å². The van der Waals surface area contributed by atoms with Gasteiger partial charge in [0.2, 0.25) is 5.88 Å². The first-order valence-electron chi connectivity index (χ1n) is 4.54. The molecule has 0 bridgehead atoms. The summed E-state index contributed by atoms with van der Waals surface area (Å²) in [7, 11) is 0.